The van der Waals surface area contributed by atoms with Crippen molar-refractivity contribution >= 4 is 24.2 Å². The molecule has 7 heteroatoms. The first kappa shape index (κ1) is 21.5. The summed E-state index contributed by atoms with van der Waals surface area (Å²) < 4.78 is 5.75. The van der Waals surface area contributed by atoms with Gasteiger partial charge in [-0.05, 0) is 37.0 Å². The Labute approximate surface area is 167 Å². The van der Waals surface area contributed by atoms with E-state index in [2.05, 4.69) is 19.2 Å². The van der Waals surface area contributed by atoms with Crippen LogP contribution in [0.5, 0.6) is 5.75 Å². The molecule has 0 radical (unpaired) electrons. The summed E-state index contributed by atoms with van der Waals surface area (Å²) in [7, 11) is 0. The summed E-state index contributed by atoms with van der Waals surface area (Å²) in [4.78, 5) is 28.9. The Bertz CT molecular complexity index is 653. The van der Waals surface area contributed by atoms with Gasteiger partial charge in [0.25, 0.3) is 5.91 Å². The Kier molecular flexibility index (Phi) is 7.92. The standard InChI is InChI=1S/C20H29N3O3.ClH/c1-15(2)14-26-18-7-3-5-16(11-18)20(25)22-9-4-6-17(13-22)23-10-8-21-12-19(23)24;/h3,5,7,11,15,17,21H,4,6,8-10,12-14H2,1-2H3;1H. The third kappa shape index (κ3) is 5.59. The lowest BCUT2D eigenvalue weighted by Gasteiger charge is -2.41. The summed E-state index contributed by atoms with van der Waals surface area (Å²) >= 11 is 0. The number of nitrogens with zero attached hydrogens (tertiary/aromatic N) is 2. The Morgan fingerprint density at radius 1 is 1.33 bits per heavy atom. The van der Waals surface area contributed by atoms with Gasteiger partial charge in [0.1, 0.15) is 5.75 Å². The number of nitrogens with one attached hydrogen (secondary N) is 1. The Morgan fingerprint density at radius 2 is 2.15 bits per heavy atom. The van der Waals surface area contributed by atoms with E-state index >= 15 is 0 Å². The number of carbonyl (C=O) groups excluding carboxylic acids is 2. The Hall–Kier alpha value is -1.79. The molecule has 2 aliphatic rings. The molecule has 1 aromatic rings. The minimum absolute atomic E-state index is 0. The summed E-state index contributed by atoms with van der Waals surface area (Å²) in [6, 6.07) is 7.54. The lowest BCUT2D eigenvalue weighted by atomic mass is 10.0. The lowest BCUT2D eigenvalue weighted by molar-refractivity contribution is -0.135. The van der Waals surface area contributed by atoms with Crippen molar-refractivity contribution in [2.24, 2.45) is 5.92 Å². The summed E-state index contributed by atoms with van der Waals surface area (Å²) in [5, 5.41) is 3.10. The number of carbonyl (C=O) groups is 2. The molecule has 2 fully saturated rings. The maximum atomic E-state index is 13.0. The normalized spacial score (nSPS) is 20.4. The van der Waals surface area contributed by atoms with Gasteiger partial charge in [-0.15, -0.1) is 12.4 Å². The third-order valence-corrected chi connectivity index (χ3v) is 4.91. The van der Waals surface area contributed by atoms with Crippen molar-refractivity contribution < 1.29 is 14.3 Å². The highest BCUT2D eigenvalue weighted by Crippen LogP contribution is 2.21. The van der Waals surface area contributed by atoms with Crippen molar-refractivity contribution in [2.45, 2.75) is 32.7 Å². The SMILES string of the molecule is CC(C)COc1cccc(C(=O)N2CCCC(N3CCNCC3=O)C2)c1.Cl. The van der Waals surface area contributed by atoms with Crippen LogP contribution >= 0.6 is 12.4 Å². The highest BCUT2D eigenvalue weighted by Gasteiger charge is 2.31. The molecular weight excluding hydrogens is 366 g/mol. The second-order valence-corrected chi connectivity index (χ2v) is 7.54. The molecule has 0 spiro atoms. The molecule has 1 aromatic carbocycles. The zero-order valence-corrected chi connectivity index (χ0v) is 17.0. The molecule has 6 nitrogen and oxygen atoms in total. The van der Waals surface area contributed by atoms with Crippen LogP contribution in [-0.4, -0.2) is 67.0 Å². The summed E-state index contributed by atoms with van der Waals surface area (Å²) in [6.45, 7) is 8.14. The van der Waals surface area contributed by atoms with Crippen LogP contribution in [0, 0.1) is 5.92 Å². The van der Waals surface area contributed by atoms with E-state index in [-0.39, 0.29) is 30.3 Å². The fourth-order valence-corrected chi connectivity index (χ4v) is 3.57. The lowest BCUT2D eigenvalue weighted by Crippen LogP contribution is -2.57. The van der Waals surface area contributed by atoms with Crippen molar-refractivity contribution in [1.29, 1.82) is 0 Å². The number of hydrogen-bond acceptors (Lipinski definition) is 4. The number of likely N-dealkylation sites (tertiary alicyclic amines) is 1. The third-order valence-electron chi connectivity index (χ3n) is 4.91. The van der Waals surface area contributed by atoms with E-state index in [4.69, 9.17) is 4.74 Å². The molecule has 0 bridgehead atoms. The molecule has 1 N–H and O–H groups in total. The predicted molar refractivity (Wildman–Crippen MR) is 108 cm³/mol. The van der Waals surface area contributed by atoms with E-state index in [1.54, 1.807) is 0 Å². The predicted octanol–water partition coefficient (Wildman–Crippen LogP) is 2.18. The number of amides is 2. The fraction of sp³-hybridized carbons (Fsp3) is 0.600. The molecule has 0 saturated carbocycles. The first-order valence-electron chi connectivity index (χ1n) is 9.57. The zero-order chi connectivity index (χ0) is 18.5. The highest BCUT2D eigenvalue weighted by atomic mass is 35.5. The molecule has 27 heavy (non-hydrogen) atoms. The first-order valence-corrected chi connectivity index (χ1v) is 9.57. The van der Waals surface area contributed by atoms with Crippen molar-refractivity contribution in [3.63, 3.8) is 0 Å². The number of halogens is 1. The molecule has 0 aliphatic carbocycles. The largest absolute Gasteiger partial charge is 0.493 e. The van der Waals surface area contributed by atoms with Gasteiger partial charge in [0.05, 0.1) is 13.2 Å². The molecular formula is C20H30ClN3O3. The summed E-state index contributed by atoms with van der Waals surface area (Å²) in [5.41, 5.74) is 0.651. The van der Waals surface area contributed by atoms with Gasteiger partial charge in [-0.1, -0.05) is 19.9 Å². The number of rotatable bonds is 5. The van der Waals surface area contributed by atoms with E-state index < -0.39 is 0 Å². The van der Waals surface area contributed by atoms with Crippen LogP contribution in [0.25, 0.3) is 0 Å². The average Bonchev–Trinajstić information content (AvgIpc) is 2.66. The summed E-state index contributed by atoms with van der Waals surface area (Å²) in [5.74, 6) is 1.33. The van der Waals surface area contributed by atoms with E-state index in [1.165, 1.54) is 0 Å². The minimum Gasteiger partial charge on any atom is -0.493 e. The molecule has 0 aromatic heterocycles. The highest BCUT2D eigenvalue weighted by molar-refractivity contribution is 5.94. The second-order valence-electron chi connectivity index (χ2n) is 7.54. The van der Waals surface area contributed by atoms with Gasteiger partial charge in [0.15, 0.2) is 0 Å². The van der Waals surface area contributed by atoms with Crippen LogP contribution < -0.4 is 10.1 Å². The van der Waals surface area contributed by atoms with Gasteiger partial charge in [0, 0.05) is 37.8 Å². The van der Waals surface area contributed by atoms with E-state index in [9.17, 15) is 9.59 Å². The Balaban J connectivity index is 0.00000261. The summed E-state index contributed by atoms with van der Waals surface area (Å²) in [6.07, 6.45) is 1.89. The number of benzene rings is 1. The van der Waals surface area contributed by atoms with Crippen LogP contribution in [0.2, 0.25) is 0 Å². The molecule has 2 aliphatic heterocycles. The van der Waals surface area contributed by atoms with Gasteiger partial charge in [-0.3, -0.25) is 9.59 Å². The smallest absolute Gasteiger partial charge is 0.254 e. The molecule has 1 atom stereocenters. The first-order chi connectivity index (χ1) is 12.5. The number of piperazine rings is 1. The van der Waals surface area contributed by atoms with Crippen LogP contribution in [0.3, 0.4) is 0 Å². The second kappa shape index (κ2) is 9.95. The van der Waals surface area contributed by atoms with Crippen molar-refractivity contribution in [2.75, 3.05) is 39.3 Å². The van der Waals surface area contributed by atoms with Crippen LogP contribution in [0.1, 0.15) is 37.0 Å². The van der Waals surface area contributed by atoms with Crippen LogP contribution in [0.15, 0.2) is 24.3 Å². The monoisotopic (exact) mass is 395 g/mol. The van der Waals surface area contributed by atoms with Crippen LogP contribution in [0.4, 0.5) is 0 Å². The number of hydrogen-bond donors (Lipinski definition) is 1. The molecule has 2 amide bonds. The van der Waals surface area contributed by atoms with E-state index in [0.29, 0.717) is 31.2 Å². The quantitative estimate of drug-likeness (QED) is 0.830. The molecule has 2 heterocycles. The van der Waals surface area contributed by atoms with Crippen molar-refractivity contribution in [3.8, 4) is 5.75 Å². The number of ether oxygens (including phenoxy) is 1. The molecule has 3 rings (SSSR count). The maximum absolute atomic E-state index is 13.0. The molecule has 2 saturated heterocycles. The Morgan fingerprint density at radius 3 is 2.89 bits per heavy atom. The van der Waals surface area contributed by atoms with E-state index in [0.717, 1.165) is 38.2 Å². The molecule has 1 unspecified atom stereocenters. The zero-order valence-electron chi connectivity index (χ0n) is 16.1. The van der Waals surface area contributed by atoms with Gasteiger partial charge in [-0.2, -0.15) is 0 Å². The fourth-order valence-electron chi connectivity index (χ4n) is 3.57. The van der Waals surface area contributed by atoms with E-state index in [1.807, 2.05) is 34.1 Å². The van der Waals surface area contributed by atoms with Crippen LogP contribution in [-0.2, 0) is 4.79 Å². The molecule has 150 valence electrons. The maximum Gasteiger partial charge on any atom is 0.254 e. The van der Waals surface area contributed by atoms with Crippen molar-refractivity contribution in [1.82, 2.24) is 15.1 Å². The minimum atomic E-state index is 0. The number of piperidine rings is 1. The van der Waals surface area contributed by atoms with Gasteiger partial charge in [-0.25, -0.2) is 0 Å². The van der Waals surface area contributed by atoms with Gasteiger partial charge < -0.3 is 19.9 Å². The van der Waals surface area contributed by atoms with Crippen molar-refractivity contribution in [3.05, 3.63) is 29.8 Å². The van der Waals surface area contributed by atoms with Gasteiger partial charge >= 0.3 is 0 Å². The van der Waals surface area contributed by atoms with Gasteiger partial charge in [0.2, 0.25) is 5.91 Å². The topological polar surface area (TPSA) is 61.9 Å². The average molecular weight is 396 g/mol.